The van der Waals surface area contributed by atoms with Crippen molar-refractivity contribution >= 4 is 5.91 Å². The summed E-state index contributed by atoms with van der Waals surface area (Å²) in [5.41, 5.74) is 7.35. The van der Waals surface area contributed by atoms with Crippen molar-refractivity contribution in [3.05, 3.63) is 35.4 Å². The Morgan fingerprint density at radius 1 is 1.19 bits per heavy atom. The van der Waals surface area contributed by atoms with Crippen molar-refractivity contribution in [3.8, 4) is 6.07 Å². The van der Waals surface area contributed by atoms with Crippen LogP contribution in [0.3, 0.4) is 0 Å². The van der Waals surface area contributed by atoms with E-state index in [0.29, 0.717) is 5.56 Å². The summed E-state index contributed by atoms with van der Waals surface area (Å²) in [5, 5.41) is 8.89. The van der Waals surface area contributed by atoms with Gasteiger partial charge < -0.3 is 5.73 Å². The Balaban J connectivity index is 2.21. The van der Waals surface area contributed by atoms with Crippen LogP contribution in [-0.2, 0) is 10.2 Å². The zero-order chi connectivity index (χ0) is 15.7. The van der Waals surface area contributed by atoms with Gasteiger partial charge in [0.05, 0.1) is 17.0 Å². The summed E-state index contributed by atoms with van der Waals surface area (Å²) in [6, 6.07) is 9.99. The molecule has 0 unspecified atom stereocenters. The van der Waals surface area contributed by atoms with E-state index >= 15 is 0 Å². The maximum absolute atomic E-state index is 11.9. The summed E-state index contributed by atoms with van der Waals surface area (Å²) in [5.74, 6) is 0.125. The number of nitrogens with two attached hydrogens (primary N) is 1. The fraction of sp³-hybridized carbons (Fsp3) is 0.556. The molecule has 0 bridgehead atoms. The van der Waals surface area contributed by atoms with Gasteiger partial charge in [-0.1, -0.05) is 32.9 Å². The Labute approximate surface area is 127 Å². The van der Waals surface area contributed by atoms with Crippen LogP contribution in [0.2, 0.25) is 0 Å². The van der Waals surface area contributed by atoms with E-state index in [1.165, 1.54) is 5.56 Å². The number of amides is 1. The van der Waals surface area contributed by atoms with Crippen LogP contribution in [0.25, 0.3) is 0 Å². The molecule has 0 atom stereocenters. The topological polar surface area (TPSA) is 66.9 Å². The molecule has 3 heteroatoms. The number of carbonyl (C=O) groups is 1. The van der Waals surface area contributed by atoms with E-state index in [1.54, 1.807) is 0 Å². The molecule has 3 nitrogen and oxygen atoms in total. The molecule has 1 aliphatic carbocycles. The zero-order valence-corrected chi connectivity index (χ0v) is 13.1. The summed E-state index contributed by atoms with van der Waals surface area (Å²) in [7, 11) is 0. The van der Waals surface area contributed by atoms with Crippen molar-refractivity contribution < 1.29 is 4.79 Å². The van der Waals surface area contributed by atoms with Crippen molar-refractivity contribution in [2.24, 2.45) is 17.1 Å². The van der Waals surface area contributed by atoms with Crippen molar-refractivity contribution in [3.63, 3.8) is 0 Å². The second-order valence-corrected chi connectivity index (χ2v) is 6.92. The normalized spacial score (nSPS) is 29.1. The van der Waals surface area contributed by atoms with Crippen LogP contribution in [0.4, 0.5) is 0 Å². The van der Waals surface area contributed by atoms with Gasteiger partial charge in [-0.15, -0.1) is 0 Å². The highest BCUT2D eigenvalue weighted by atomic mass is 16.1. The van der Waals surface area contributed by atoms with Crippen molar-refractivity contribution in [1.29, 1.82) is 5.26 Å². The first-order chi connectivity index (χ1) is 9.84. The standard InChI is InChI=1S/C18H24N2O/c1-13(2)18(16(20)21)10-8-17(3,9-11-18)15-6-4-14(12-19)5-7-15/h4-7,13H,8-11H2,1-3H3,(H2,20,21). The SMILES string of the molecule is CC(C)C1(C(N)=O)CCC(C)(c2ccc(C#N)cc2)CC1. The predicted molar refractivity (Wildman–Crippen MR) is 83.4 cm³/mol. The van der Waals surface area contributed by atoms with Crippen LogP contribution in [-0.4, -0.2) is 5.91 Å². The van der Waals surface area contributed by atoms with Gasteiger partial charge in [-0.2, -0.15) is 5.26 Å². The second-order valence-electron chi connectivity index (χ2n) is 6.92. The molecule has 1 aromatic rings. The van der Waals surface area contributed by atoms with Crippen LogP contribution in [0.15, 0.2) is 24.3 Å². The molecule has 1 aromatic carbocycles. The van der Waals surface area contributed by atoms with Crippen LogP contribution >= 0.6 is 0 Å². The molecule has 1 amide bonds. The minimum absolute atomic E-state index is 0.0713. The second kappa shape index (κ2) is 5.52. The molecule has 2 rings (SSSR count). The van der Waals surface area contributed by atoms with E-state index < -0.39 is 0 Å². The molecule has 1 saturated carbocycles. The fourth-order valence-corrected chi connectivity index (χ4v) is 3.59. The first kappa shape index (κ1) is 15.6. The minimum Gasteiger partial charge on any atom is -0.369 e. The van der Waals surface area contributed by atoms with Crippen molar-refractivity contribution in [1.82, 2.24) is 0 Å². The van der Waals surface area contributed by atoms with E-state index in [4.69, 9.17) is 11.0 Å². The molecular formula is C18H24N2O. The molecule has 0 aromatic heterocycles. The summed E-state index contributed by atoms with van der Waals surface area (Å²) < 4.78 is 0. The van der Waals surface area contributed by atoms with Gasteiger partial charge in [0.2, 0.25) is 5.91 Å². The maximum atomic E-state index is 11.9. The molecule has 1 aliphatic rings. The predicted octanol–water partition coefficient (Wildman–Crippen LogP) is 3.52. The zero-order valence-electron chi connectivity index (χ0n) is 13.1. The highest BCUT2D eigenvalue weighted by molar-refractivity contribution is 5.81. The highest BCUT2D eigenvalue weighted by Crippen LogP contribution is 2.50. The molecule has 0 spiro atoms. The van der Waals surface area contributed by atoms with Gasteiger partial charge in [-0.25, -0.2) is 0 Å². The Hall–Kier alpha value is -1.82. The lowest BCUT2D eigenvalue weighted by molar-refractivity contribution is -0.133. The molecule has 0 aliphatic heterocycles. The first-order valence-electron chi connectivity index (χ1n) is 7.65. The minimum atomic E-state index is -0.355. The number of hydrogen-bond acceptors (Lipinski definition) is 2. The lowest BCUT2D eigenvalue weighted by atomic mass is 9.58. The Kier molecular flexibility index (Phi) is 4.09. The number of hydrogen-bond donors (Lipinski definition) is 1. The Morgan fingerprint density at radius 2 is 1.71 bits per heavy atom. The summed E-state index contributed by atoms with van der Waals surface area (Å²) in [6.45, 7) is 6.43. The van der Waals surface area contributed by atoms with E-state index in [1.807, 2.05) is 24.3 Å². The van der Waals surface area contributed by atoms with Crippen molar-refractivity contribution in [2.75, 3.05) is 0 Å². The Morgan fingerprint density at radius 3 is 2.10 bits per heavy atom. The lowest BCUT2D eigenvalue weighted by Gasteiger charge is -2.45. The Bertz CT molecular complexity index is 558. The number of benzene rings is 1. The quantitative estimate of drug-likeness (QED) is 0.922. The number of primary amides is 1. The van der Waals surface area contributed by atoms with Gasteiger partial charge >= 0.3 is 0 Å². The third-order valence-corrected chi connectivity index (χ3v) is 5.55. The van der Waals surface area contributed by atoms with Gasteiger partial charge in [0.1, 0.15) is 0 Å². The smallest absolute Gasteiger partial charge is 0.223 e. The van der Waals surface area contributed by atoms with Crippen LogP contribution in [0.5, 0.6) is 0 Å². The van der Waals surface area contributed by atoms with E-state index in [-0.39, 0.29) is 22.7 Å². The van der Waals surface area contributed by atoms with Crippen LogP contribution in [0, 0.1) is 22.7 Å². The highest BCUT2D eigenvalue weighted by Gasteiger charge is 2.46. The van der Waals surface area contributed by atoms with Gasteiger partial charge in [-0.05, 0) is 54.7 Å². The summed E-state index contributed by atoms with van der Waals surface area (Å²) in [6.07, 6.45) is 3.60. The first-order valence-corrected chi connectivity index (χ1v) is 7.65. The molecule has 112 valence electrons. The van der Waals surface area contributed by atoms with Gasteiger partial charge in [0, 0.05) is 0 Å². The van der Waals surface area contributed by atoms with Crippen molar-refractivity contribution in [2.45, 2.75) is 51.9 Å². The molecule has 1 fully saturated rings. The van der Waals surface area contributed by atoms with Crippen LogP contribution in [0.1, 0.15) is 57.6 Å². The fourth-order valence-electron chi connectivity index (χ4n) is 3.59. The monoisotopic (exact) mass is 284 g/mol. The average molecular weight is 284 g/mol. The molecule has 2 N–H and O–H groups in total. The van der Waals surface area contributed by atoms with Gasteiger partial charge in [-0.3, -0.25) is 4.79 Å². The van der Waals surface area contributed by atoms with Crippen LogP contribution < -0.4 is 5.73 Å². The van der Waals surface area contributed by atoms with E-state index in [0.717, 1.165) is 25.7 Å². The third-order valence-electron chi connectivity index (χ3n) is 5.55. The number of nitriles is 1. The number of carbonyl (C=O) groups excluding carboxylic acids is 1. The lowest BCUT2D eigenvalue weighted by Crippen LogP contribution is -2.46. The molecule has 0 radical (unpaired) electrons. The number of rotatable bonds is 3. The average Bonchev–Trinajstić information content (AvgIpc) is 2.47. The molecule has 21 heavy (non-hydrogen) atoms. The third kappa shape index (κ3) is 2.68. The van der Waals surface area contributed by atoms with E-state index in [2.05, 4.69) is 26.8 Å². The van der Waals surface area contributed by atoms with Gasteiger partial charge in [0.15, 0.2) is 0 Å². The molecule has 0 saturated heterocycles. The number of nitrogens with zero attached hydrogens (tertiary/aromatic N) is 1. The summed E-state index contributed by atoms with van der Waals surface area (Å²) in [4.78, 5) is 11.9. The largest absolute Gasteiger partial charge is 0.369 e. The van der Waals surface area contributed by atoms with E-state index in [9.17, 15) is 4.79 Å². The summed E-state index contributed by atoms with van der Waals surface area (Å²) >= 11 is 0. The molecule has 0 heterocycles. The molecular weight excluding hydrogens is 260 g/mol. The maximum Gasteiger partial charge on any atom is 0.223 e. The van der Waals surface area contributed by atoms with Gasteiger partial charge in [0.25, 0.3) is 0 Å².